The molecule has 118 valence electrons. The number of aromatic nitrogens is 3. The van der Waals surface area contributed by atoms with E-state index in [1.807, 2.05) is 39.5 Å². The molecule has 0 aliphatic rings. The number of anilines is 3. The Kier molecular flexibility index (Phi) is 5.69. The monoisotopic (exact) mass is 295 g/mol. The third-order valence-electron chi connectivity index (χ3n) is 2.61. The molecule has 1 aromatic rings. The fourth-order valence-corrected chi connectivity index (χ4v) is 1.73. The Morgan fingerprint density at radius 1 is 1.19 bits per heavy atom. The first-order valence-electron chi connectivity index (χ1n) is 7.06. The van der Waals surface area contributed by atoms with Crippen molar-refractivity contribution in [2.45, 2.75) is 40.2 Å². The van der Waals surface area contributed by atoms with E-state index in [0.29, 0.717) is 11.9 Å². The highest BCUT2D eigenvalue weighted by Crippen LogP contribution is 2.11. The molecule has 1 rings (SSSR count). The first kappa shape index (κ1) is 16.9. The van der Waals surface area contributed by atoms with Gasteiger partial charge in [0, 0.05) is 18.6 Å². The molecule has 0 saturated carbocycles. The molecule has 0 aromatic carbocycles. The largest absolute Gasteiger partial charge is 0.368 e. The molecule has 4 N–H and O–H groups in total. The lowest BCUT2D eigenvalue weighted by Crippen LogP contribution is -2.43. The van der Waals surface area contributed by atoms with Crippen molar-refractivity contribution in [2.24, 2.45) is 0 Å². The maximum atomic E-state index is 11.8. The van der Waals surface area contributed by atoms with Gasteiger partial charge < -0.3 is 21.3 Å². The molecule has 0 atom stereocenters. The Morgan fingerprint density at radius 3 is 2.33 bits per heavy atom. The SMILES string of the molecule is CCN(CC)c1nc(N)nc(NCC(=O)NC(C)(C)C)n1. The van der Waals surface area contributed by atoms with Gasteiger partial charge in [-0.25, -0.2) is 0 Å². The predicted molar refractivity (Wildman–Crippen MR) is 84.2 cm³/mol. The van der Waals surface area contributed by atoms with Crippen LogP contribution in [0.3, 0.4) is 0 Å². The summed E-state index contributed by atoms with van der Waals surface area (Å²) in [6.45, 7) is 11.4. The van der Waals surface area contributed by atoms with Gasteiger partial charge in [-0.15, -0.1) is 0 Å². The van der Waals surface area contributed by atoms with Gasteiger partial charge in [0.15, 0.2) is 0 Å². The van der Waals surface area contributed by atoms with E-state index in [2.05, 4.69) is 25.6 Å². The molecular formula is C13H25N7O. The van der Waals surface area contributed by atoms with E-state index in [1.54, 1.807) is 0 Å². The summed E-state index contributed by atoms with van der Waals surface area (Å²) in [4.78, 5) is 26.1. The zero-order chi connectivity index (χ0) is 16.0. The minimum Gasteiger partial charge on any atom is -0.368 e. The molecule has 8 heteroatoms. The second-order valence-electron chi connectivity index (χ2n) is 5.64. The number of nitrogens with two attached hydrogens (primary N) is 1. The molecule has 0 unspecified atom stereocenters. The van der Waals surface area contributed by atoms with Crippen LogP contribution >= 0.6 is 0 Å². The molecule has 0 spiro atoms. The number of carbonyl (C=O) groups excluding carboxylic acids is 1. The van der Waals surface area contributed by atoms with E-state index in [-0.39, 0.29) is 23.9 Å². The normalized spacial score (nSPS) is 11.1. The van der Waals surface area contributed by atoms with Gasteiger partial charge in [0.25, 0.3) is 0 Å². The van der Waals surface area contributed by atoms with Crippen LogP contribution in [0.2, 0.25) is 0 Å². The van der Waals surface area contributed by atoms with Gasteiger partial charge in [-0.05, 0) is 34.6 Å². The molecule has 0 aliphatic heterocycles. The Balaban J connectivity index is 2.73. The lowest BCUT2D eigenvalue weighted by Gasteiger charge is -2.21. The fraction of sp³-hybridized carbons (Fsp3) is 0.692. The van der Waals surface area contributed by atoms with Crippen molar-refractivity contribution in [3.63, 3.8) is 0 Å². The molecular weight excluding hydrogens is 270 g/mol. The van der Waals surface area contributed by atoms with Crippen LogP contribution in [-0.2, 0) is 4.79 Å². The number of rotatable bonds is 6. The van der Waals surface area contributed by atoms with Gasteiger partial charge >= 0.3 is 0 Å². The maximum Gasteiger partial charge on any atom is 0.239 e. The van der Waals surface area contributed by atoms with Gasteiger partial charge in [0.2, 0.25) is 23.8 Å². The van der Waals surface area contributed by atoms with Crippen molar-refractivity contribution in [1.29, 1.82) is 0 Å². The molecule has 1 heterocycles. The second-order valence-corrected chi connectivity index (χ2v) is 5.64. The van der Waals surface area contributed by atoms with E-state index < -0.39 is 0 Å². The number of nitrogens with zero attached hydrogens (tertiary/aromatic N) is 4. The smallest absolute Gasteiger partial charge is 0.239 e. The van der Waals surface area contributed by atoms with Gasteiger partial charge in [-0.1, -0.05) is 0 Å². The Bertz CT molecular complexity index is 480. The van der Waals surface area contributed by atoms with Crippen molar-refractivity contribution in [3.8, 4) is 0 Å². The average molecular weight is 295 g/mol. The number of hydrogen-bond donors (Lipinski definition) is 3. The molecule has 8 nitrogen and oxygen atoms in total. The lowest BCUT2D eigenvalue weighted by molar-refractivity contribution is -0.120. The van der Waals surface area contributed by atoms with Crippen LogP contribution in [0, 0.1) is 0 Å². The minimum atomic E-state index is -0.275. The van der Waals surface area contributed by atoms with Gasteiger partial charge in [-0.2, -0.15) is 15.0 Å². The zero-order valence-electron chi connectivity index (χ0n) is 13.4. The minimum absolute atomic E-state index is 0.0818. The van der Waals surface area contributed by atoms with Crippen LogP contribution in [0.25, 0.3) is 0 Å². The topological polar surface area (TPSA) is 109 Å². The fourth-order valence-electron chi connectivity index (χ4n) is 1.73. The highest BCUT2D eigenvalue weighted by atomic mass is 16.2. The van der Waals surface area contributed by atoms with Gasteiger partial charge in [0.05, 0.1) is 6.54 Å². The van der Waals surface area contributed by atoms with Gasteiger partial charge in [0.1, 0.15) is 0 Å². The van der Waals surface area contributed by atoms with E-state index in [4.69, 9.17) is 5.73 Å². The third-order valence-corrected chi connectivity index (χ3v) is 2.61. The molecule has 0 saturated heterocycles. The summed E-state index contributed by atoms with van der Waals surface area (Å²) in [7, 11) is 0. The summed E-state index contributed by atoms with van der Waals surface area (Å²) in [6, 6.07) is 0. The first-order valence-corrected chi connectivity index (χ1v) is 7.06. The van der Waals surface area contributed by atoms with Crippen molar-refractivity contribution in [2.75, 3.05) is 35.6 Å². The average Bonchev–Trinajstić information content (AvgIpc) is 2.35. The Labute approximate surface area is 125 Å². The van der Waals surface area contributed by atoms with E-state index in [0.717, 1.165) is 13.1 Å². The summed E-state index contributed by atoms with van der Waals surface area (Å²) < 4.78 is 0. The van der Waals surface area contributed by atoms with Crippen LogP contribution in [0.1, 0.15) is 34.6 Å². The van der Waals surface area contributed by atoms with Gasteiger partial charge in [-0.3, -0.25) is 4.79 Å². The van der Waals surface area contributed by atoms with Crippen molar-refractivity contribution in [1.82, 2.24) is 20.3 Å². The Hall–Kier alpha value is -2.12. The van der Waals surface area contributed by atoms with Crippen molar-refractivity contribution < 1.29 is 4.79 Å². The highest BCUT2D eigenvalue weighted by molar-refractivity contribution is 5.80. The second kappa shape index (κ2) is 7.05. The standard InChI is InChI=1S/C13H25N7O/c1-6-20(7-2)12-17-10(14)16-11(18-12)15-8-9(21)19-13(3,4)5/h6-8H2,1-5H3,(H,19,21)(H3,14,15,16,17,18). The van der Waals surface area contributed by atoms with Crippen LogP contribution in [0.15, 0.2) is 0 Å². The van der Waals surface area contributed by atoms with Crippen molar-refractivity contribution in [3.05, 3.63) is 0 Å². The quantitative estimate of drug-likeness (QED) is 0.706. The lowest BCUT2D eigenvalue weighted by atomic mass is 10.1. The number of nitrogens with one attached hydrogen (secondary N) is 2. The van der Waals surface area contributed by atoms with E-state index >= 15 is 0 Å². The maximum absolute atomic E-state index is 11.8. The zero-order valence-corrected chi connectivity index (χ0v) is 13.4. The first-order chi connectivity index (χ1) is 9.75. The number of nitrogen functional groups attached to an aromatic ring is 1. The van der Waals surface area contributed by atoms with Crippen LogP contribution in [-0.4, -0.2) is 46.0 Å². The molecule has 0 bridgehead atoms. The van der Waals surface area contributed by atoms with Crippen LogP contribution < -0.4 is 21.3 Å². The third kappa shape index (κ3) is 5.80. The molecule has 1 amide bonds. The van der Waals surface area contributed by atoms with Crippen LogP contribution in [0.4, 0.5) is 17.8 Å². The molecule has 0 aliphatic carbocycles. The number of hydrogen-bond acceptors (Lipinski definition) is 7. The number of carbonyl (C=O) groups is 1. The van der Waals surface area contributed by atoms with Crippen molar-refractivity contribution >= 4 is 23.8 Å². The van der Waals surface area contributed by atoms with E-state index in [9.17, 15) is 4.79 Å². The summed E-state index contributed by atoms with van der Waals surface area (Å²) in [5, 5.41) is 5.72. The summed E-state index contributed by atoms with van der Waals surface area (Å²) >= 11 is 0. The summed E-state index contributed by atoms with van der Waals surface area (Å²) in [5.41, 5.74) is 5.41. The highest BCUT2D eigenvalue weighted by Gasteiger charge is 2.14. The number of amides is 1. The summed E-state index contributed by atoms with van der Waals surface area (Å²) in [6.07, 6.45) is 0. The van der Waals surface area contributed by atoms with E-state index in [1.165, 1.54) is 0 Å². The molecule has 0 radical (unpaired) electrons. The summed E-state index contributed by atoms with van der Waals surface area (Å²) in [5.74, 6) is 0.802. The van der Waals surface area contributed by atoms with Crippen LogP contribution in [0.5, 0.6) is 0 Å². The molecule has 1 aromatic heterocycles. The predicted octanol–water partition coefficient (Wildman–Crippen LogP) is 0.627. The molecule has 0 fully saturated rings. The Morgan fingerprint density at radius 2 is 1.81 bits per heavy atom. The molecule has 21 heavy (non-hydrogen) atoms.